The molecule has 10 heteroatoms. The van der Waals surface area contributed by atoms with E-state index in [2.05, 4.69) is 36.5 Å². The number of amides is 1. The average Bonchev–Trinajstić information content (AvgIpc) is 3.08. The van der Waals surface area contributed by atoms with Crippen molar-refractivity contribution in [3.63, 3.8) is 0 Å². The first-order chi connectivity index (χ1) is 14.3. The Morgan fingerprint density at radius 1 is 1.03 bits per heavy atom. The third-order valence-corrected chi connectivity index (χ3v) is 5.78. The SMILES string of the molecule is O=C(Nc1ccc(Br)c(F)c1)c1cc2nc(Nc3c(Cl)cccc3Cl)[nH]c2cc1Cl. The number of nitrogens with one attached hydrogen (secondary N) is 3. The standard InChI is InChI=1S/C20H11BrCl3FN4O/c21-11-5-4-9(6-15(11)25)26-19(30)10-7-16-17(8-14(10)24)28-20(27-16)29-18-12(22)2-1-3-13(18)23/h1-8H,(H,26,30)(H2,27,28,29). The van der Waals surface area contributed by atoms with Gasteiger partial charge in [0.1, 0.15) is 5.82 Å². The monoisotopic (exact) mass is 526 g/mol. The second-order valence-electron chi connectivity index (χ2n) is 6.24. The van der Waals surface area contributed by atoms with Crippen LogP contribution >= 0.6 is 50.7 Å². The van der Waals surface area contributed by atoms with Crippen LogP contribution in [0.1, 0.15) is 10.4 Å². The molecule has 0 spiro atoms. The van der Waals surface area contributed by atoms with Crippen LogP contribution in [0.3, 0.4) is 0 Å². The zero-order valence-electron chi connectivity index (χ0n) is 14.9. The summed E-state index contributed by atoms with van der Waals surface area (Å²) >= 11 is 21.7. The molecule has 0 radical (unpaired) electrons. The number of anilines is 3. The molecule has 5 nitrogen and oxygen atoms in total. The third-order valence-electron chi connectivity index (χ3n) is 4.20. The molecule has 0 aliphatic heterocycles. The fourth-order valence-electron chi connectivity index (χ4n) is 2.77. The summed E-state index contributed by atoms with van der Waals surface area (Å²) in [6.45, 7) is 0. The lowest BCUT2D eigenvalue weighted by atomic mass is 10.1. The van der Waals surface area contributed by atoms with E-state index >= 15 is 0 Å². The Bertz CT molecular complexity index is 1270. The Morgan fingerprint density at radius 3 is 2.47 bits per heavy atom. The number of nitrogens with zero attached hydrogens (tertiary/aromatic N) is 1. The van der Waals surface area contributed by atoms with Crippen LogP contribution in [0.25, 0.3) is 11.0 Å². The molecule has 4 rings (SSSR count). The van der Waals surface area contributed by atoms with Crippen LogP contribution in [0.5, 0.6) is 0 Å². The van der Waals surface area contributed by atoms with Crippen LogP contribution in [0.2, 0.25) is 15.1 Å². The molecule has 4 aromatic rings. The fraction of sp³-hybridized carbons (Fsp3) is 0. The highest BCUT2D eigenvalue weighted by Gasteiger charge is 2.16. The van der Waals surface area contributed by atoms with Crippen molar-refractivity contribution in [2.24, 2.45) is 0 Å². The van der Waals surface area contributed by atoms with E-state index in [0.29, 0.717) is 42.9 Å². The number of fused-ring (bicyclic) bond motifs is 1. The first-order valence-corrected chi connectivity index (χ1v) is 10.4. The number of carbonyl (C=O) groups is 1. The summed E-state index contributed by atoms with van der Waals surface area (Å²) in [6.07, 6.45) is 0. The number of hydrogen-bond acceptors (Lipinski definition) is 3. The third kappa shape index (κ3) is 4.25. The van der Waals surface area contributed by atoms with Gasteiger partial charge in [-0.2, -0.15) is 0 Å². The summed E-state index contributed by atoms with van der Waals surface area (Å²) in [6, 6.07) is 12.5. The van der Waals surface area contributed by atoms with Gasteiger partial charge in [-0.25, -0.2) is 9.37 Å². The van der Waals surface area contributed by atoms with Crippen molar-refractivity contribution < 1.29 is 9.18 Å². The number of para-hydroxylation sites is 1. The maximum Gasteiger partial charge on any atom is 0.257 e. The van der Waals surface area contributed by atoms with Gasteiger partial charge < -0.3 is 15.6 Å². The topological polar surface area (TPSA) is 69.8 Å². The van der Waals surface area contributed by atoms with Crippen molar-refractivity contribution in [2.75, 3.05) is 10.6 Å². The van der Waals surface area contributed by atoms with Crippen LogP contribution in [-0.2, 0) is 0 Å². The highest BCUT2D eigenvalue weighted by molar-refractivity contribution is 9.10. The molecule has 0 unspecified atom stereocenters. The Labute approximate surface area is 193 Å². The van der Waals surface area contributed by atoms with Crippen LogP contribution in [0.15, 0.2) is 53.0 Å². The minimum Gasteiger partial charge on any atom is -0.324 e. The molecule has 1 aromatic heterocycles. The first kappa shape index (κ1) is 20.9. The van der Waals surface area contributed by atoms with Crippen molar-refractivity contribution in [3.8, 4) is 0 Å². The van der Waals surface area contributed by atoms with Crippen LogP contribution in [-0.4, -0.2) is 15.9 Å². The van der Waals surface area contributed by atoms with Crippen molar-refractivity contribution in [2.45, 2.75) is 0 Å². The van der Waals surface area contributed by atoms with Crippen molar-refractivity contribution in [3.05, 3.63) is 79.5 Å². The number of carbonyl (C=O) groups excluding carboxylic acids is 1. The van der Waals surface area contributed by atoms with Gasteiger partial charge in [-0.15, -0.1) is 0 Å². The molecule has 1 amide bonds. The van der Waals surface area contributed by atoms with Gasteiger partial charge in [0.15, 0.2) is 0 Å². The minimum absolute atomic E-state index is 0.196. The maximum atomic E-state index is 13.7. The molecule has 0 bridgehead atoms. The molecule has 3 N–H and O–H groups in total. The highest BCUT2D eigenvalue weighted by atomic mass is 79.9. The molecule has 0 atom stereocenters. The average molecular weight is 529 g/mol. The summed E-state index contributed by atoms with van der Waals surface area (Å²) in [7, 11) is 0. The number of H-pyrrole nitrogens is 1. The van der Waals surface area contributed by atoms with Crippen LogP contribution < -0.4 is 10.6 Å². The Balaban J connectivity index is 1.63. The Hall–Kier alpha value is -2.32. The van der Waals surface area contributed by atoms with E-state index in [-0.39, 0.29) is 10.6 Å². The van der Waals surface area contributed by atoms with Gasteiger partial charge in [-0.05, 0) is 58.4 Å². The molecule has 0 saturated heterocycles. The molecular formula is C20H11BrCl3FN4O. The van der Waals surface area contributed by atoms with Gasteiger partial charge in [0, 0.05) is 5.69 Å². The number of benzene rings is 3. The summed E-state index contributed by atoms with van der Waals surface area (Å²) in [5, 5.41) is 6.73. The molecule has 3 aromatic carbocycles. The van der Waals surface area contributed by atoms with E-state index in [1.54, 1.807) is 30.3 Å². The Morgan fingerprint density at radius 2 is 1.77 bits per heavy atom. The lowest BCUT2D eigenvalue weighted by Crippen LogP contribution is -2.12. The number of hydrogen-bond donors (Lipinski definition) is 3. The van der Waals surface area contributed by atoms with Gasteiger partial charge in [0.2, 0.25) is 5.95 Å². The number of aromatic amines is 1. The lowest BCUT2D eigenvalue weighted by Gasteiger charge is -2.07. The van der Waals surface area contributed by atoms with E-state index < -0.39 is 11.7 Å². The van der Waals surface area contributed by atoms with Gasteiger partial charge in [0.05, 0.1) is 41.8 Å². The van der Waals surface area contributed by atoms with Crippen molar-refractivity contribution >= 4 is 85.0 Å². The first-order valence-electron chi connectivity index (χ1n) is 8.48. The maximum absolute atomic E-state index is 13.7. The smallest absolute Gasteiger partial charge is 0.257 e. The predicted molar refractivity (Wildman–Crippen MR) is 123 cm³/mol. The fourth-order valence-corrected chi connectivity index (χ4v) is 3.76. The van der Waals surface area contributed by atoms with E-state index in [1.807, 2.05) is 0 Å². The second kappa shape index (κ2) is 8.43. The molecular weight excluding hydrogens is 518 g/mol. The zero-order valence-corrected chi connectivity index (χ0v) is 18.7. The van der Waals surface area contributed by atoms with E-state index in [9.17, 15) is 9.18 Å². The largest absolute Gasteiger partial charge is 0.324 e. The van der Waals surface area contributed by atoms with E-state index in [1.165, 1.54) is 18.2 Å². The van der Waals surface area contributed by atoms with Crippen LogP contribution in [0, 0.1) is 5.82 Å². The zero-order chi connectivity index (χ0) is 21.4. The lowest BCUT2D eigenvalue weighted by molar-refractivity contribution is 0.102. The van der Waals surface area contributed by atoms with Crippen molar-refractivity contribution in [1.29, 1.82) is 0 Å². The quantitative estimate of drug-likeness (QED) is 0.258. The molecule has 152 valence electrons. The van der Waals surface area contributed by atoms with Crippen molar-refractivity contribution in [1.82, 2.24) is 9.97 Å². The number of imidazole rings is 1. The minimum atomic E-state index is -0.490. The summed E-state index contributed by atoms with van der Waals surface area (Å²) in [5.74, 6) is -0.602. The van der Waals surface area contributed by atoms with Gasteiger partial charge in [-0.3, -0.25) is 4.79 Å². The summed E-state index contributed by atoms with van der Waals surface area (Å²) in [4.78, 5) is 20.1. The van der Waals surface area contributed by atoms with Gasteiger partial charge >= 0.3 is 0 Å². The molecule has 1 heterocycles. The summed E-state index contributed by atoms with van der Waals surface area (Å²) in [5.41, 5.74) is 2.10. The normalized spacial score (nSPS) is 11.0. The van der Waals surface area contributed by atoms with Gasteiger partial charge in [0.25, 0.3) is 5.91 Å². The van der Waals surface area contributed by atoms with Crippen LogP contribution in [0.4, 0.5) is 21.7 Å². The van der Waals surface area contributed by atoms with Gasteiger partial charge in [-0.1, -0.05) is 40.9 Å². The number of halogens is 5. The molecule has 0 aliphatic rings. The Kier molecular flexibility index (Phi) is 5.88. The molecule has 0 fully saturated rings. The number of aromatic nitrogens is 2. The molecule has 30 heavy (non-hydrogen) atoms. The molecule has 0 aliphatic carbocycles. The van der Waals surface area contributed by atoms with E-state index in [4.69, 9.17) is 34.8 Å². The second-order valence-corrected chi connectivity index (χ2v) is 8.32. The van der Waals surface area contributed by atoms with E-state index in [0.717, 1.165) is 0 Å². The molecule has 0 saturated carbocycles. The summed E-state index contributed by atoms with van der Waals surface area (Å²) < 4.78 is 14.0. The predicted octanol–water partition coefficient (Wildman–Crippen LogP) is 7.42. The number of rotatable bonds is 4. The highest BCUT2D eigenvalue weighted by Crippen LogP contribution is 2.33.